The fraction of sp³-hybridized carbons (Fsp3) is 1.00. The number of hydrogen-bond donors (Lipinski definition) is 3. The summed E-state index contributed by atoms with van der Waals surface area (Å²) < 4.78 is 5.40. The molecular weight excluding hydrogens is 216 g/mol. The normalized spacial score (nSPS) is 31.4. The number of methoxy groups -OCH3 is 1. The molecule has 102 valence electrons. The zero-order valence-electron chi connectivity index (χ0n) is 11.2. The van der Waals surface area contributed by atoms with Crippen molar-refractivity contribution in [1.82, 2.24) is 5.32 Å². The summed E-state index contributed by atoms with van der Waals surface area (Å²) in [5.41, 5.74) is 6.02. The lowest BCUT2D eigenvalue weighted by molar-refractivity contribution is 0.0390. The standard InChI is InChI=1S/C13H28N2O2/c1-3-11(6-9-16)15-13(10-14)7-4-12(17-2)5-8-13/h11-12,15-16H,3-10,14H2,1-2H3. The fourth-order valence-electron chi connectivity index (χ4n) is 2.75. The molecule has 0 bridgehead atoms. The molecule has 0 radical (unpaired) electrons. The van der Waals surface area contributed by atoms with Crippen molar-refractivity contribution in [3.05, 3.63) is 0 Å². The fourth-order valence-corrected chi connectivity index (χ4v) is 2.75. The van der Waals surface area contributed by atoms with Gasteiger partial charge in [0.1, 0.15) is 0 Å². The molecule has 1 rings (SSSR count). The van der Waals surface area contributed by atoms with E-state index in [9.17, 15) is 0 Å². The van der Waals surface area contributed by atoms with E-state index in [0.29, 0.717) is 18.7 Å². The maximum atomic E-state index is 9.04. The number of ether oxygens (including phenoxy) is 1. The maximum Gasteiger partial charge on any atom is 0.0572 e. The second-order valence-corrected chi connectivity index (χ2v) is 5.18. The lowest BCUT2D eigenvalue weighted by Gasteiger charge is -2.42. The Morgan fingerprint density at radius 1 is 1.47 bits per heavy atom. The average molecular weight is 244 g/mol. The Kier molecular flexibility index (Phi) is 6.41. The third-order valence-corrected chi connectivity index (χ3v) is 4.09. The summed E-state index contributed by atoms with van der Waals surface area (Å²) in [7, 11) is 1.79. The first-order chi connectivity index (χ1) is 8.19. The van der Waals surface area contributed by atoms with E-state index in [1.807, 2.05) is 0 Å². The second-order valence-electron chi connectivity index (χ2n) is 5.18. The van der Waals surface area contributed by atoms with Crippen molar-refractivity contribution in [2.24, 2.45) is 5.73 Å². The van der Waals surface area contributed by atoms with Gasteiger partial charge in [0.25, 0.3) is 0 Å². The molecule has 4 heteroatoms. The Labute approximate surface area is 105 Å². The molecule has 1 aliphatic rings. The lowest BCUT2D eigenvalue weighted by atomic mass is 9.79. The quantitative estimate of drug-likeness (QED) is 0.625. The zero-order valence-corrected chi connectivity index (χ0v) is 11.2. The van der Waals surface area contributed by atoms with Gasteiger partial charge in [-0.1, -0.05) is 6.92 Å². The van der Waals surface area contributed by atoms with E-state index in [1.165, 1.54) is 0 Å². The summed E-state index contributed by atoms with van der Waals surface area (Å²) in [5, 5.41) is 12.7. The Morgan fingerprint density at radius 2 is 2.12 bits per heavy atom. The van der Waals surface area contributed by atoms with Gasteiger partial charge in [-0.25, -0.2) is 0 Å². The van der Waals surface area contributed by atoms with Gasteiger partial charge >= 0.3 is 0 Å². The summed E-state index contributed by atoms with van der Waals surface area (Å²) >= 11 is 0. The maximum absolute atomic E-state index is 9.04. The van der Waals surface area contributed by atoms with Gasteiger partial charge in [0.05, 0.1) is 6.10 Å². The Hall–Kier alpha value is -0.160. The summed E-state index contributed by atoms with van der Waals surface area (Å²) in [4.78, 5) is 0. The predicted octanol–water partition coefficient (Wildman–Crippen LogP) is 1.02. The minimum absolute atomic E-state index is 0.0604. The number of rotatable bonds is 7. The molecule has 1 aliphatic carbocycles. The van der Waals surface area contributed by atoms with Gasteiger partial charge in [-0.2, -0.15) is 0 Å². The van der Waals surface area contributed by atoms with Crippen LogP contribution in [-0.4, -0.2) is 43.1 Å². The van der Waals surface area contributed by atoms with Crippen molar-refractivity contribution in [3.63, 3.8) is 0 Å². The number of nitrogens with one attached hydrogen (secondary N) is 1. The molecule has 0 aromatic heterocycles. The summed E-state index contributed by atoms with van der Waals surface area (Å²) in [6.45, 7) is 3.07. The molecule has 0 aromatic rings. The van der Waals surface area contributed by atoms with Crippen LogP contribution in [0.2, 0.25) is 0 Å². The van der Waals surface area contributed by atoms with E-state index >= 15 is 0 Å². The highest BCUT2D eigenvalue weighted by Crippen LogP contribution is 2.30. The molecule has 1 fully saturated rings. The Bertz CT molecular complexity index is 204. The van der Waals surface area contributed by atoms with Gasteiger partial charge in [0, 0.05) is 31.8 Å². The van der Waals surface area contributed by atoms with Crippen molar-refractivity contribution in [2.75, 3.05) is 20.3 Å². The van der Waals surface area contributed by atoms with E-state index in [0.717, 1.165) is 38.5 Å². The van der Waals surface area contributed by atoms with Gasteiger partial charge in [0.2, 0.25) is 0 Å². The third-order valence-electron chi connectivity index (χ3n) is 4.09. The molecule has 0 aromatic carbocycles. The highest BCUT2D eigenvalue weighted by molar-refractivity contribution is 4.96. The van der Waals surface area contributed by atoms with Gasteiger partial charge < -0.3 is 20.9 Å². The largest absolute Gasteiger partial charge is 0.396 e. The highest BCUT2D eigenvalue weighted by atomic mass is 16.5. The number of hydrogen-bond acceptors (Lipinski definition) is 4. The van der Waals surface area contributed by atoms with Crippen LogP contribution in [0.1, 0.15) is 45.4 Å². The molecule has 0 heterocycles. The first-order valence-corrected chi connectivity index (χ1v) is 6.81. The van der Waals surface area contributed by atoms with Crippen molar-refractivity contribution >= 4 is 0 Å². The number of aliphatic hydroxyl groups excluding tert-OH is 1. The highest BCUT2D eigenvalue weighted by Gasteiger charge is 2.35. The van der Waals surface area contributed by atoms with Crippen LogP contribution in [-0.2, 0) is 4.74 Å². The third kappa shape index (κ3) is 4.21. The topological polar surface area (TPSA) is 67.5 Å². The average Bonchev–Trinajstić information content (AvgIpc) is 2.39. The molecule has 1 unspecified atom stereocenters. The molecule has 17 heavy (non-hydrogen) atoms. The monoisotopic (exact) mass is 244 g/mol. The van der Waals surface area contributed by atoms with Crippen LogP contribution < -0.4 is 11.1 Å². The lowest BCUT2D eigenvalue weighted by Crippen LogP contribution is -2.57. The van der Waals surface area contributed by atoms with Crippen LogP contribution in [0.3, 0.4) is 0 Å². The molecule has 4 N–H and O–H groups in total. The van der Waals surface area contributed by atoms with E-state index in [-0.39, 0.29) is 12.1 Å². The van der Waals surface area contributed by atoms with Crippen molar-refractivity contribution in [2.45, 2.75) is 63.1 Å². The molecule has 4 nitrogen and oxygen atoms in total. The minimum atomic E-state index is 0.0604. The van der Waals surface area contributed by atoms with Gasteiger partial charge in [-0.05, 0) is 38.5 Å². The zero-order chi connectivity index (χ0) is 12.7. The van der Waals surface area contributed by atoms with Crippen molar-refractivity contribution < 1.29 is 9.84 Å². The van der Waals surface area contributed by atoms with E-state index in [1.54, 1.807) is 7.11 Å². The van der Waals surface area contributed by atoms with Crippen LogP contribution in [0.4, 0.5) is 0 Å². The van der Waals surface area contributed by atoms with E-state index in [2.05, 4.69) is 12.2 Å². The Morgan fingerprint density at radius 3 is 2.53 bits per heavy atom. The van der Waals surface area contributed by atoms with Crippen molar-refractivity contribution in [1.29, 1.82) is 0 Å². The van der Waals surface area contributed by atoms with E-state index in [4.69, 9.17) is 15.6 Å². The van der Waals surface area contributed by atoms with Crippen LogP contribution in [0.15, 0.2) is 0 Å². The van der Waals surface area contributed by atoms with Crippen LogP contribution in [0, 0.1) is 0 Å². The van der Waals surface area contributed by atoms with Gasteiger partial charge in [0.15, 0.2) is 0 Å². The van der Waals surface area contributed by atoms with Crippen LogP contribution in [0.5, 0.6) is 0 Å². The van der Waals surface area contributed by atoms with Gasteiger partial charge in [-0.15, -0.1) is 0 Å². The molecule has 0 saturated heterocycles. The molecule has 1 atom stereocenters. The first kappa shape index (κ1) is 14.9. The van der Waals surface area contributed by atoms with Crippen LogP contribution in [0.25, 0.3) is 0 Å². The summed E-state index contributed by atoms with van der Waals surface area (Å²) in [6, 6.07) is 0.377. The first-order valence-electron chi connectivity index (χ1n) is 6.81. The second kappa shape index (κ2) is 7.31. The Balaban J connectivity index is 2.51. The number of aliphatic hydroxyl groups is 1. The summed E-state index contributed by atoms with van der Waals surface area (Å²) in [6.07, 6.45) is 6.55. The predicted molar refractivity (Wildman–Crippen MR) is 70.0 cm³/mol. The van der Waals surface area contributed by atoms with Gasteiger partial charge in [-0.3, -0.25) is 0 Å². The SMILES string of the molecule is CCC(CCO)NC1(CN)CCC(OC)CC1. The van der Waals surface area contributed by atoms with Crippen molar-refractivity contribution in [3.8, 4) is 0 Å². The minimum Gasteiger partial charge on any atom is -0.396 e. The smallest absolute Gasteiger partial charge is 0.0572 e. The molecule has 1 saturated carbocycles. The molecular formula is C13H28N2O2. The molecule has 0 amide bonds. The number of nitrogens with two attached hydrogens (primary N) is 1. The van der Waals surface area contributed by atoms with E-state index < -0.39 is 0 Å². The summed E-state index contributed by atoms with van der Waals surface area (Å²) in [5.74, 6) is 0. The van der Waals surface area contributed by atoms with Crippen LogP contribution >= 0.6 is 0 Å². The molecule has 0 aliphatic heterocycles. The molecule has 0 spiro atoms.